The van der Waals surface area contributed by atoms with Gasteiger partial charge in [0, 0.05) is 0 Å². The molecule has 0 unspecified atom stereocenters. The highest BCUT2D eigenvalue weighted by molar-refractivity contribution is 6.74. The molecule has 0 radical (unpaired) electrons. The largest absolute Gasteiger partial charge is 0.414 e. The fourth-order valence-electron chi connectivity index (χ4n) is 1.23. The van der Waals surface area contributed by atoms with Gasteiger partial charge in [0.15, 0.2) is 8.32 Å². The number of ether oxygens (including phenoxy) is 2. The van der Waals surface area contributed by atoms with Crippen molar-refractivity contribution in [1.29, 1.82) is 0 Å². The van der Waals surface area contributed by atoms with Crippen LogP contribution in [0.3, 0.4) is 0 Å². The third kappa shape index (κ3) is 4.54. The molecule has 1 aliphatic rings. The molecule has 0 amide bonds. The normalized spacial score (nSPS) is 22.3. The van der Waals surface area contributed by atoms with Crippen LogP contribution in [-0.4, -0.2) is 40.3 Å². The topological polar surface area (TPSA) is 31.0 Å². The summed E-state index contributed by atoms with van der Waals surface area (Å²) in [5.74, 6) is 0. The van der Waals surface area contributed by atoms with Crippen LogP contribution in [0, 0.1) is 0 Å². The van der Waals surface area contributed by atoms with Crippen molar-refractivity contribution in [3.8, 4) is 0 Å². The molecule has 0 aromatic rings. The van der Waals surface area contributed by atoms with E-state index in [1.165, 1.54) is 0 Å². The molecule has 3 nitrogen and oxygen atoms in total. The summed E-state index contributed by atoms with van der Waals surface area (Å²) in [7, 11) is -1.69. The van der Waals surface area contributed by atoms with Crippen LogP contribution in [0.4, 0.5) is 0 Å². The second-order valence-electron chi connectivity index (χ2n) is 6.10. The van der Waals surface area contributed by atoms with Crippen LogP contribution >= 0.6 is 0 Å². The fourth-order valence-corrected chi connectivity index (χ4v) is 2.25. The minimum Gasteiger partial charge on any atom is -0.414 e. The van der Waals surface area contributed by atoms with Crippen molar-refractivity contribution >= 4 is 8.32 Å². The van der Waals surface area contributed by atoms with Crippen molar-refractivity contribution < 1.29 is 13.9 Å². The number of epoxide rings is 1. The van der Waals surface area contributed by atoms with E-state index in [2.05, 4.69) is 40.4 Å². The Balaban J connectivity index is 2.43. The molecule has 17 heavy (non-hydrogen) atoms. The van der Waals surface area contributed by atoms with Gasteiger partial charge in [-0.1, -0.05) is 26.8 Å². The Kier molecular flexibility index (Phi) is 4.95. The van der Waals surface area contributed by atoms with Gasteiger partial charge in [0.05, 0.1) is 19.8 Å². The van der Waals surface area contributed by atoms with Crippen LogP contribution in [-0.2, 0) is 13.9 Å². The van der Waals surface area contributed by atoms with E-state index < -0.39 is 8.32 Å². The standard InChI is InChI=1S/C13H26O3Si/c1-7-8-14-12(11-9-15-11)10-16-17(5,6)13(2,3)4/h7,11-12H,1,8-10H2,2-6H3/t11-,12+/m1/s1. The van der Waals surface area contributed by atoms with Gasteiger partial charge in [0.2, 0.25) is 0 Å². The summed E-state index contributed by atoms with van der Waals surface area (Å²) in [5.41, 5.74) is 0. The summed E-state index contributed by atoms with van der Waals surface area (Å²) in [4.78, 5) is 0. The van der Waals surface area contributed by atoms with Crippen molar-refractivity contribution in [2.75, 3.05) is 19.8 Å². The van der Waals surface area contributed by atoms with Gasteiger partial charge in [-0.3, -0.25) is 0 Å². The monoisotopic (exact) mass is 258 g/mol. The summed E-state index contributed by atoms with van der Waals surface area (Å²) in [6, 6.07) is 0. The maximum atomic E-state index is 6.15. The molecule has 1 saturated heterocycles. The molecule has 2 atom stereocenters. The van der Waals surface area contributed by atoms with Crippen LogP contribution in [0.1, 0.15) is 20.8 Å². The average Bonchev–Trinajstić information content (AvgIpc) is 3.00. The molecule has 0 aromatic carbocycles. The molecule has 1 rings (SSSR count). The third-order valence-electron chi connectivity index (χ3n) is 3.62. The van der Waals surface area contributed by atoms with Gasteiger partial charge in [-0.15, -0.1) is 6.58 Å². The van der Waals surface area contributed by atoms with E-state index in [0.29, 0.717) is 13.2 Å². The molecule has 0 saturated carbocycles. The number of hydrogen-bond donors (Lipinski definition) is 0. The van der Waals surface area contributed by atoms with Crippen LogP contribution < -0.4 is 0 Å². The zero-order chi connectivity index (χ0) is 13.1. The first-order valence-electron chi connectivity index (χ1n) is 6.26. The molecular formula is C13H26O3Si. The molecule has 1 fully saturated rings. The smallest absolute Gasteiger partial charge is 0.192 e. The molecule has 0 aliphatic carbocycles. The van der Waals surface area contributed by atoms with Crippen LogP contribution in [0.15, 0.2) is 12.7 Å². The molecule has 0 bridgehead atoms. The Morgan fingerprint density at radius 3 is 2.47 bits per heavy atom. The summed E-state index contributed by atoms with van der Waals surface area (Å²) in [6.07, 6.45) is 2.05. The zero-order valence-electron chi connectivity index (χ0n) is 11.8. The van der Waals surface area contributed by atoms with E-state index in [9.17, 15) is 0 Å². The highest BCUT2D eigenvalue weighted by atomic mass is 28.4. The lowest BCUT2D eigenvalue weighted by molar-refractivity contribution is 0.0142. The van der Waals surface area contributed by atoms with E-state index >= 15 is 0 Å². The molecule has 0 spiro atoms. The van der Waals surface area contributed by atoms with Gasteiger partial charge in [-0.25, -0.2) is 0 Å². The second-order valence-corrected chi connectivity index (χ2v) is 10.9. The molecular weight excluding hydrogens is 232 g/mol. The van der Waals surface area contributed by atoms with E-state index in [-0.39, 0.29) is 17.2 Å². The van der Waals surface area contributed by atoms with Gasteiger partial charge in [-0.05, 0) is 18.1 Å². The van der Waals surface area contributed by atoms with E-state index in [0.717, 1.165) is 6.61 Å². The van der Waals surface area contributed by atoms with Crippen molar-refractivity contribution in [2.24, 2.45) is 0 Å². The van der Waals surface area contributed by atoms with Crippen LogP contribution in [0.25, 0.3) is 0 Å². The van der Waals surface area contributed by atoms with Crippen molar-refractivity contribution in [2.45, 2.75) is 51.1 Å². The lowest BCUT2D eigenvalue weighted by atomic mass is 10.2. The lowest BCUT2D eigenvalue weighted by Crippen LogP contribution is -2.43. The van der Waals surface area contributed by atoms with E-state index in [1.54, 1.807) is 6.08 Å². The van der Waals surface area contributed by atoms with Crippen LogP contribution in [0.5, 0.6) is 0 Å². The minimum atomic E-state index is -1.69. The predicted molar refractivity (Wildman–Crippen MR) is 72.8 cm³/mol. The zero-order valence-corrected chi connectivity index (χ0v) is 12.8. The Morgan fingerprint density at radius 2 is 2.06 bits per heavy atom. The highest BCUT2D eigenvalue weighted by Gasteiger charge is 2.40. The summed E-state index contributed by atoms with van der Waals surface area (Å²) in [6.45, 7) is 16.9. The molecule has 1 heterocycles. The lowest BCUT2D eigenvalue weighted by Gasteiger charge is -2.37. The number of rotatable bonds is 7. The van der Waals surface area contributed by atoms with Crippen molar-refractivity contribution in [1.82, 2.24) is 0 Å². The third-order valence-corrected chi connectivity index (χ3v) is 8.12. The maximum Gasteiger partial charge on any atom is 0.192 e. The first-order valence-corrected chi connectivity index (χ1v) is 9.17. The first-order chi connectivity index (χ1) is 7.78. The Morgan fingerprint density at radius 1 is 1.47 bits per heavy atom. The highest BCUT2D eigenvalue weighted by Crippen LogP contribution is 2.37. The van der Waals surface area contributed by atoms with Gasteiger partial charge < -0.3 is 13.9 Å². The fraction of sp³-hybridized carbons (Fsp3) is 0.846. The van der Waals surface area contributed by atoms with Gasteiger partial charge in [0.25, 0.3) is 0 Å². The average molecular weight is 258 g/mol. The van der Waals surface area contributed by atoms with Gasteiger partial charge in [-0.2, -0.15) is 0 Å². The number of hydrogen-bond acceptors (Lipinski definition) is 3. The molecule has 4 heteroatoms. The molecule has 100 valence electrons. The molecule has 0 aromatic heterocycles. The summed E-state index contributed by atoms with van der Waals surface area (Å²) in [5, 5.41) is 0.237. The minimum absolute atomic E-state index is 0.0575. The first kappa shape index (κ1) is 14.9. The summed E-state index contributed by atoms with van der Waals surface area (Å²) < 4.78 is 17.1. The molecule has 0 N–H and O–H groups in total. The SMILES string of the molecule is C=CCO[C@@H](CO[Si](C)(C)C(C)(C)C)[C@H]1CO1. The van der Waals surface area contributed by atoms with Gasteiger partial charge in [0.1, 0.15) is 12.2 Å². The molecule has 1 aliphatic heterocycles. The summed E-state index contributed by atoms with van der Waals surface area (Å²) >= 11 is 0. The van der Waals surface area contributed by atoms with Gasteiger partial charge >= 0.3 is 0 Å². The van der Waals surface area contributed by atoms with Crippen molar-refractivity contribution in [3.63, 3.8) is 0 Å². The van der Waals surface area contributed by atoms with E-state index in [4.69, 9.17) is 13.9 Å². The van der Waals surface area contributed by atoms with Crippen molar-refractivity contribution in [3.05, 3.63) is 12.7 Å². The maximum absolute atomic E-state index is 6.15. The van der Waals surface area contributed by atoms with E-state index in [1.807, 2.05) is 0 Å². The predicted octanol–water partition coefficient (Wildman–Crippen LogP) is 2.98. The van der Waals surface area contributed by atoms with Crippen LogP contribution in [0.2, 0.25) is 18.1 Å². The Hall–Kier alpha value is -0.163. The Labute approximate surface area is 106 Å². The second kappa shape index (κ2) is 5.65. The quantitative estimate of drug-likeness (QED) is 0.399. The Bertz CT molecular complexity index is 254.